The molecule has 1 aliphatic rings. The SMILES string of the molecule is CCCCN(CCCC)CC1(CO)CCCCCC1. The van der Waals surface area contributed by atoms with Gasteiger partial charge in [0.15, 0.2) is 0 Å². The zero-order valence-corrected chi connectivity index (χ0v) is 13.3. The van der Waals surface area contributed by atoms with E-state index in [1.54, 1.807) is 0 Å². The number of hydrogen-bond acceptors (Lipinski definition) is 2. The highest BCUT2D eigenvalue weighted by Gasteiger charge is 2.31. The van der Waals surface area contributed by atoms with Crippen LogP contribution in [0.2, 0.25) is 0 Å². The van der Waals surface area contributed by atoms with Crippen molar-refractivity contribution in [3.05, 3.63) is 0 Å². The molecule has 0 spiro atoms. The van der Waals surface area contributed by atoms with E-state index in [0.717, 1.165) is 6.54 Å². The molecule has 1 N–H and O–H groups in total. The van der Waals surface area contributed by atoms with Gasteiger partial charge in [0.2, 0.25) is 0 Å². The van der Waals surface area contributed by atoms with E-state index in [-0.39, 0.29) is 5.41 Å². The van der Waals surface area contributed by atoms with Crippen LogP contribution in [-0.4, -0.2) is 36.2 Å². The molecule has 0 aromatic carbocycles. The molecule has 1 saturated carbocycles. The Morgan fingerprint density at radius 3 is 1.84 bits per heavy atom. The molecule has 0 bridgehead atoms. The van der Waals surface area contributed by atoms with Gasteiger partial charge in [-0.05, 0) is 38.8 Å². The third-order valence-electron chi connectivity index (χ3n) is 4.71. The number of aliphatic hydroxyl groups is 1. The van der Waals surface area contributed by atoms with Crippen LogP contribution in [0.1, 0.15) is 78.1 Å². The van der Waals surface area contributed by atoms with Crippen LogP contribution in [-0.2, 0) is 0 Å². The van der Waals surface area contributed by atoms with Gasteiger partial charge >= 0.3 is 0 Å². The summed E-state index contributed by atoms with van der Waals surface area (Å²) in [5.41, 5.74) is 0.206. The minimum atomic E-state index is 0.206. The van der Waals surface area contributed by atoms with Gasteiger partial charge < -0.3 is 10.0 Å². The first-order valence-electron chi connectivity index (χ1n) is 8.59. The van der Waals surface area contributed by atoms with E-state index in [0.29, 0.717) is 6.61 Å². The summed E-state index contributed by atoms with van der Waals surface area (Å²) in [6.07, 6.45) is 13.0. The van der Waals surface area contributed by atoms with Gasteiger partial charge in [-0.15, -0.1) is 0 Å². The molecule has 0 unspecified atom stereocenters. The van der Waals surface area contributed by atoms with Crippen molar-refractivity contribution in [1.82, 2.24) is 4.90 Å². The number of rotatable bonds is 9. The molecule has 0 aromatic rings. The number of hydrogen-bond donors (Lipinski definition) is 1. The van der Waals surface area contributed by atoms with Gasteiger partial charge in [0.1, 0.15) is 0 Å². The summed E-state index contributed by atoms with van der Waals surface area (Å²) in [4.78, 5) is 2.63. The normalized spacial score (nSPS) is 19.6. The molecule has 114 valence electrons. The van der Waals surface area contributed by atoms with Gasteiger partial charge in [0.25, 0.3) is 0 Å². The van der Waals surface area contributed by atoms with E-state index >= 15 is 0 Å². The van der Waals surface area contributed by atoms with E-state index in [2.05, 4.69) is 18.7 Å². The second-order valence-electron chi connectivity index (χ2n) is 6.56. The molecular formula is C17H35NO. The molecule has 0 amide bonds. The number of nitrogens with zero attached hydrogens (tertiary/aromatic N) is 1. The quantitative estimate of drug-likeness (QED) is 0.633. The fraction of sp³-hybridized carbons (Fsp3) is 1.00. The smallest absolute Gasteiger partial charge is 0.0499 e. The highest BCUT2D eigenvalue weighted by atomic mass is 16.3. The summed E-state index contributed by atoms with van der Waals surface area (Å²) >= 11 is 0. The molecule has 0 saturated heterocycles. The lowest BCUT2D eigenvalue weighted by Crippen LogP contribution is -2.41. The van der Waals surface area contributed by atoms with E-state index in [1.807, 2.05) is 0 Å². The fourth-order valence-corrected chi connectivity index (χ4v) is 3.35. The first kappa shape index (κ1) is 17.0. The Bertz CT molecular complexity index is 201. The zero-order valence-electron chi connectivity index (χ0n) is 13.3. The van der Waals surface area contributed by atoms with Crippen molar-refractivity contribution in [2.24, 2.45) is 5.41 Å². The van der Waals surface area contributed by atoms with Crippen molar-refractivity contribution in [1.29, 1.82) is 0 Å². The van der Waals surface area contributed by atoms with Gasteiger partial charge in [-0.3, -0.25) is 0 Å². The van der Waals surface area contributed by atoms with Crippen LogP contribution >= 0.6 is 0 Å². The third kappa shape index (κ3) is 6.27. The van der Waals surface area contributed by atoms with E-state index in [1.165, 1.54) is 77.3 Å². The van der Waals surface area contributed by atoms with Gasteiger partial charge in [0, 0.05) is 18.6 Å². The maximum atomic E-state index is 9.94. The summed E-state index contributed by atoms with van der Waals surface area (Å²) in [5.74, 6) is 0. The van der Waals surface area contributed by atoms with Crippen molar-refractivity contribution in [2.45, 2.75) is 78.1 Å². The van der Waals surface area contributed by atoms with E-state index in [4.69, 9.17) is 0 Å². The van der Waals surface area contributed by atoms with Crippen LogP contribution in [0.3, 0.4) is 0 Å². The zero-order chi connectivity index (χ0) is 14.0. The predicted octanol–water partition coefficient (Wildman–Crippen LogP) is 4.22. The molecule has 1 aliphatic carbocycles. The number of aliphatic hydroxyl groups excluding tert-OH is 1. The molecule has 0 aliphatic heterocycles. The van der Waals surface area contributed by atoms with Gasteiger partial charge in [-0.25, -0.2) is 0 Å². The number of unbranched alkanes of at least 4 members (excludes halogenated alkanes) is 2. The van der Waals surface area contributed by atoms with Crippen molar-refractivity contribution >= 4 is 0 Å². The van der Waals surface area contributed by atoms with Crippen molar-refractivity contribution in [2.75, 3.05) is 26.2 Å². The maximum Gasteiger partial charge on any atom is 0.0499 e. The Morgan fingerprint density at radius 2 is 1.42 bits per heavy atom. The molecule has 0 atom stereocenters. The van der Waals surface area contributed by atoms with Crippen LogP contribution in [0.15, 0.2) is 0 Å². The molecule has 1 rings (SSSR count). The second kappa shape index (κ2) is 9.77. The monoisotopic (exact) mass is 269 g/mol. The summed E-state index contributed by atoms with van der Waals surface area (Å²) in [6, 6.07) is 0. The molecule has 1 fully saturated rings. The summed E-state index contributed by atoms with van der Waals surface area (Å²) in [6.45, 7) is 8.50. The topological polar surface area (TPSA) is 23.5 Å². The van der Waals surface area contributed by atoms with Crippen LogP contribution < -0.4 is 0 Å². The Balaban J connectivity index is 2.55. The highest BCUT2D eigenvalue weighted by Crippen LogP contribution is 2.35. The van der Waals surface area contributed by atoms with E-state index < -0.39 is 0 Å². The third-order valence-corrected chi connectivity index (χ3v) is 4.71. The van der Waals surface area contributed by atoms with Crippen molar-refractivity contribution in [3.8, 4) is 0 Å². The van der Waals surface area contributed by atoms with Gasteiger partial charge in [-0.1, -0.05) is 52.4 Å². The predicted molar refractivity (Wildman–Crippen MR) is 83.5 cm³/mol. The Morgan fingerprint density at radius 1 is 0.895 bits per heavy atom. The van der Waals surface area contributed by atoms with Gasteiger partial charge in [-0.2, -0.15) is 0 Å². The van der Waals surface area contributed by atoms with Crippen molar-refractivity contribution < 1.29 is 5.11 Å². The lowest BCUT2D eigenvalue weighted by Gasteiger charge is -2.37. The summed E-state index contributed by atoms with van der Waals surface area (Å²) in [7, 11) is 0. The minimum absolute atomic E-state index is 0.206. The average Bonchev–Trinajstić information content (AvgIpc) is 2.68. The summed E-state index contributed by atoms with van der Waals surface area (Å²) in [5, 5.41) is 9.94. The Kier molecular flexibility index (Phi) is 8.72. The fourth-order valence-electron chi connectivity index (χ4n) is 3.35. The van der Waals surface area contributed by atoms with E-state index in [9.17, 15) is 5.11 Å². The molecular weight excluding hydrogens is 234 g/mol. The lowest BCUT2D eigenvalue weighted by atomic mass is 9.80. The summed E-state index contributed by atoms with van der Waals surface area (Å²) < 4.78 is 0. The molecule has 2 nitrogen and oxygen atoms in total. The Labute approximate surface area is 120 Å². The lowest BCUT2D eigenvalue weighted by molar-refractivity contribution is 0.0581. The van der Waals surface area contributed by atoms with Crippen LogP contribution in [0.25, 0.3) is 0 Å². The van der Waals surface area contributed by atoms with Crippen LogP contribution in [0.4, 0.5) is 0 Å². The van der Waals surface area contributed by atoms with Crippen LogP contribution in [0, 0.1) is 5.41 Å². The van der Waals surface area contributed by atoms with Gasteiger partial charge in [0.05, 0.1) is 0 Å². The van der Waals surface area contributed by atoms with Crippen molar-refractivity contribution in [3.63, 3.8) is 0 Å². The standard InChI is InChI=1S/C17H35NO/c1-3-5-13-18(14-6-4-2)15-17(16-19)11-9-7-8-10-12-17/h19H,3-16H2,1-2H3. The average molecular weight is 269 g/mol. The minimum Gasteiger partial charge on any atom is -0.396 e. The van der Waals surface area contributed by atoms with Crippen LogP contribution in [0.5, 0.6) is 0 Å². The Hall–Kier alpha value is -0.0800. The molecule has 0 heterocycles. The highest BCUT2D eigenvalue weighted by molar-refractivity contribution is 4.84. The molecule has 0 radical (unpaired) electrons. The molecule has 19 heavy (non-hydrogen) atoms. The molecule has 0 aromatic heterocycles. The first-order valence-corrected chi connectivity index (χ1v) is 8.59. The second-order valence-corrected chi connectivity index (χ2v) is 6.56. The maximum absolute atomic E-state index is 9.94. The first-order chi connectivity index (χ1) is 9.26. The largest absolute Gasteiger partial charge is 0.396 e. The molecule has 2 heteroatoms.